The van der Waals surface area contributed by atoms with E-state index in [2.05, 4.69) is 34.2 Å². The van der Waals surface area contributed by atoms with Gasteiger partial charge in [-0.3, -0.25) is 4.79 Å². The highest BCUT2D eigenvalue weighted by Crippen LogP contribution is 2.32. The van der Waals surface area contributed by atoms with Crippen molar-refractivity contribution in [2.75, 3.05) is 12.3 Å². The Morgan fingerprint density at radius 1 is 1.04 bits per heavy atom. The van der Waals surface area contributed by atoms with Crippen LogP contribution in [0.25, 0.3) is 22.0 Å². The van der Waals surface area contributed by atoms with Gasteiger partial charge in [0.25, 0.3) is 0 Å². The topological polar surface area (TPSA) is 46.1 Å². The molecule has 0 aliphatic carbocycles. The second-order valence-corrected chi connectivity index (χ2v) is 8.16. The van der Waals surface area contributed by atoms with Crippen molar-refractivity contribution in [3.63, 3.8) is 0 Å². The molecule has 1 amide bonds. The number of hydrogen-bond acceptors (Lipinski definition) is 4. The van der Waals surface area contributed by atoms with Crippen LogP contribution in [0, 0.1) is 0 Å². The molecule has 5 heteroatoms. The summed E-state index contributed by atoms with van der Waals surface area (Å²) in [5, 5.41) is 11.9. The quantitative estimate of drug-likeness (QED) is 0.562. The second-order valence-electron chi connectivity index (χ2n) is 7.20. The number of hydrogen-bond donors (Lipinski definition) is 0. The zero-order chi connectivity index (χ0) is 19.3. The molecule has 0 radical (unpaired) electrons. The van der Waals surface area contributed by atoms with Gasteiger partial charge in [0.1, 0.15) is 10.7 Å². The van der Waals surface area contributed by atoms with Crippen LogP contribution in [0.15, 0.2) is 59.6 Å². The van der Waals surface area contributed by atoms with Crippen LogP contribution in [0.1, 0.15) is 32.6 Å². The van der Waals surface area contributed by atoms with Crippen molar-refractivity contribution >= 4 is 28.4 Å². The van der Waals surface area contributed by atoms with E-state index in [0.29, 0.717) is 11.8 Å². The molecule has 4 nitrogen and oxygen atoms in total. The molecule has 4 rings (SSSR count). The van der Waals surface area contributed by atoms with E-state index >= 15 is 0 Å². The average Bonchev–Trinajstić information content (AvgIpc) is 2.77. The maximum Gasteiger partial charge on any atom is 0.233 e. The lowest BCUT2D eigenvalue weighted by molar-refractivity contribution is -0.132. The van der Waals surface area contributed by atoms with E-state index in [0.717, 1.165) is 52.9 Å². The normalized spacial score (nSPS) is 17.0. The number of aromatic nitrogens is 2. The van der Waals surface area contributed by atoms with E-state index in [9.17, 15) is 4.79 Å². The van der Waals surface area contributed by atoms with E-state index in [1.54, 1.807) is 0 Å². The molecule has 1 aliphatic heterocycles. The third-order valence-corrected chi connectivity index (χ3v) is 6.42. The Hall–Kier alpha value is -2.40. The van der Waals surface area contributed by atoms with Crippen molar-refractivity contribution in [1.29, 1.82) is 0 Å². The zero-order valence-corrected chi connectivity index (χ0v) is 17.0. The first-order chi connectivity index (χ1) is 13.8. The number of piperidine rings is 1. The Morgan fingerprint density at radius 2 is 1.79 bits per heavy atom. The minimum Gasteiger partial charge on any atom is -0.339 e. The van der Waals surface area contributed by atoms with Gasteiger partial charge < -0.3 is 4.90 Å². The first kappa shape index (κ1) is 18.9. The summed E-state index contributed by atoms with van der Waals surface area (Å²) in [6, 6.07) is 18.7. The Kier molecular flexibility index (Phi) is 5.91. The number of amides is 1. The number of carbonyl (C=O) groups excluding carboxylic acids is 1. The smallest absolute Gasteiger partial charge is 0.233 e. The molecule has 1 saturated heterocycles. The fourth-order valence-corrected chi connectivity index (χ4v) is 4.82. The Bertz CT molecular complexity index is 960. The molecule has 1 aromatic heterocycles. The largest absolute Gasteiger partial charge is 0.339 e. The molecule has 0 bridgehead atoms. The van der Waals surface area contributed by atoms with Gasteiger partial charge in [-0.1, -0.05) is 73.3 Å². The van der Waals surface area contributed by atoms with Gasteiger partial charge in [-0.25, -0.2) is 0 Å². The van der Waals surface area contributed by atoms with Crippen LogP contribution in [0.3, 0.4) is 0 Å². The number of benzene rings is 2. The lowest BCUT2D eigenvalue weighted by Gasteiger charge is -2.35. The van der Waals surface area contributed by atoms with Gasteiger partial charge in [0.2, 0.25) is 5.91 Å². The number of thioether (sulfide) groups is 1. The summed E-state index contributed by atoms with van der Waals surface area (Å²) < 4.78 is 0. The molecule has 0 spiro atoms. The molecule has 0 saturated carbocycles. The summed E-state index contributed by atoms with van der Waals surface area (Å²) in [6.45, 7) is 3.06. The molecule has 3 aromatic rings. The van der Waals surface area contributed by atoms with Crippen molar-refractivity contribution in [1.82, 2.24) is 15.1 Å². The summed E-state index contributed by atoms with van der Waals surface area (Å²) >= 11 is 1.50. The molecule has 1 aliphatic rings. The monoisotopic (exact) mass is 391 g/mol. The number of fused-ring (bicyclic) bond motifs is 1. The van der Waals surface area contributed by atoms with E-state index in [1.807, 2.05) is 42.5 Å². The number of nitrogens with zero attached hydrogens (tertiary/aromatic N) is 3. The third-order valence-electron chi connectivity index (χ3n) is 5.45. The SMILES string of the molecule is CC[C@@H]1CCCCN1C(=O)CSc1nnc(-c2ccccc2)c2ccccc12. The van der Waals surface area contributed by atoms with Crippen molar-refractivity contribution in [3.05, 3.63) is 54.6 Å². The Labute approximate surface area is 170 Å². The maximum atomic E-state index is 12.8. The van der Waals surface area contributed by atoms with Gasteiger partial charge >= 0.3 is 0 Å². The number of rotatable bonds is 5. The van der Waals surface area contributed by atoms with Gasteiger partial charge in [0, 0.05) is 28.9 Å². The van der Waals surface area contributed by atoms with Crippen molar-refractivity contribution in [2.24, 2.45) is 0 Å². The van der Waals surface area contributed by atoms with Gasteiger partial charge in [-0.15, -0.1) is 10.2 Å². The van der Waals surface area contributed by atoms with Crippen LogP contribution in [-0.2, 0) is 4.79 Å². The van der Waals surface area contributed by atoms with Crippen LogP contribution >= 0.6 is 11.8 Å². The Balaban J connectivity index is 1.57. The van der Waals surface area contributed by atoms with Crippen molar-refractivity contribution < 1.29 is 4.79 Å². The van der Waals surface area contributed by atoms with E-state index in [4.69, 9.17) is 0 Å². The summed E-state index contributed by atoms with van der Waals surface area (Å²) in [4.78, 5) is 14.9. The van der Waals surface area contributed by atoms with Gasteiger partial charge in [0.05, 0.1) is 5.75 Å². The molecule has 0 N–H and O–H groups in total. The Morgan fingerprint density at radius 3 is 2.57 bits per heavy atom. The van der Waals surface area contributed by atoms with E-state index in [-0.39, 0.29) is 5.91 Å². The highest BCUT2D eigenvalue weighted by molar-refractivity contribution is 8.00. The van der Waals surface area contributed by atoms with E-state index < -0.39 is 0 Å². The molecule has 2 heterocycles. The van der Waals surface area contributed by atoms with Crippen molar-refractivity contribution in [3.8, 4) is 11.3 Å². The predicted molar refractivity (Wildman–Crippen MR) is 115 cm³/mol. The van der Waals surface area contributed by atoms with Crippen LogP contribution < -0.4 is 0 Å². The molecule has 0 unspecified atom stereocenters. The van der Waals surface area contributed by atoms with Crippen LogP contribution in [0.5, 0.6) is 0 Å². The molecule has 144 valence electrons. The molecule has 1 atom stereocenters. The average molecular weight is 392 g/mol. The fourth-order valence-electron chi connectivity index (χ4n) is 3.96. The molecule has 28 heavy (non-hydrogen) atoms. The lowest BCUT2D eigenvalue weighted by atomic mass is 10.0. The fraction of sp³-hybridized carbons (Fsp3) is 0.348. The van der Waals surface area contributed by atoms with Crippen molar-refractivity contribution in [2.45, 2.75) is 43.7 Å². The van der Waals surface area contributed by atoms with Gasteiger partial charge in [-0.05, 0) is 25.7 Å². The summed E-state index contributed by atoms with van der Waals surface area (Å²) in [6.07, 6.45) is 4.50. The standard InChI is InChI=1S/C23H25N3OS/c1-2-18-12-8-9-15-26(18)21(27)16-28-23-20-14-7-6-13-19(20)22(24-25-23)17-10-4-3-5-11-17/h3-7,10-11,13-14,18H,2,8-9,12,15-16H2,1H3/t18-/m1/s1. The first-order valence-corrected chi connectivity index (χ1v) is 11.0. The maximum absolute atomic E-state index is 12.8. The van der Waals surface area contributed by atoms with Crippen LogP contribution in [0.2, 0.25) is 0 Å². The summed E-state index contributed by atoms with van der Waals surface area (Å²) in [7, 11) is 0. The minimum atomic E-state index is 0.217. The highest BCUT2D eigenvalue weighted by atomic mass is 32.2. The lowest BCUT2D eigenvalue weighted by Crippen LogP contribution is -2.44. The summed E-state index contributed by atoms with van der Waals surface area (Å²) in [5.41, 5.74) is 1.94. The van der Waals surface area contributed by atoms with E-state index in [1.165, 1.54) is 18.2 Å². The second kappa shape index (κ2) is 8.74. The molecule has 2 aromatic carbocycles. The zero-order valence-electron chi connectivity index (χ0n) is 16.2. The highest BCUT2D eigenvalue weighted by Gasteiger charge is 2.25. The first-order valence-electron chi connectivity index (χ1n) is 10.0. The van der Waals surface area contributed by atoms with Crippen LogP contribution in [-0.4, -0.2) is 39.3 Å². The van der Waals surface area contributed by atoms with Gasteiger partial charge in [0.15, 0.2) is 0 Å². The molecular formula is C23H25N3OS. The third kappa shape index (κ3) is 3.90. The molecule has 1 fully saturated rings. The minimum absolute atomic E-state index is 0.217. The van der Waals surface area contributed by atoms with Gasteiger partial charge in [-0.2, -0.15) is 0 Å². The summed E-state index contributed by atoms with van der Waals surface area (Å²) in [5.74, 6) is 0.634. The number of carbonyl (C=O) groups is 1. The molecular weight excluding hydrogens is 366 g/mol. The van der Waals surface area contributed by atoms with Crippen LogP contribution in [0.4, 0.5) is 0 Å². The number of likely N-dealkylation sites (tertiary alicyclic amines) is 1. The predicted octanol–water partition coefficient (Wildman–Crippen LogP) is 5.18.